The quantitative estimate of drug-likeness (QED) is 0.618. The molecule has 0 bridgehead atoms. The Balaban J connectivity index is 2.19. The van der Waals surface area contributed by atoms with Gasteiger partial charge in [-0.1, -0.05) is 0 Å². The molecule has 2 aromatic rings. The molecule has 2 rings (SSSR count). The lowest BCUT2D eigenvalue weighted by molar-refractivity contribution is 0.0602. The van der Waals surface area contributed by atoms with Crippen LogP contribution in [0.1, 0.15) is 15.2 Å². The number of esters is 1. The molecule has 24 heavy (non-hydrogen) atoms. The Hall–Kier alpha value is -2.32. The SMILES string of the molecule is COC(=O)c1cc(C)sc1NC(=S)Nc1cc(OC)ccc1OC. The van der Waals surface area contributed by atoms with Gasteiger partial charge in [0.15, 0.2) is 5.11 Å². The first-order chi connectivity index (χ1) is 11.5. The first kappa shape index (κ1) is 18.0. The summed E-state index contributed by atoms with van der Waals surface area (Å²) in [7, 11) is 4.50. The van der Waals surface area contributed by atoms with Crippen LogP contribution in [-0.2, 0) is 4.74 Å². The van der Waals surface area contributed by atoms with Gasteiger partial charge in [0, 0.05) is 10.9 Å². The van der Waals surface area contributed by atoms with E-state index in [1.54, 1.807) is 38.5 Å². The molecule has 8 heteroatoms. The van der Waals surface area contributed by atoms with Gasteiger partial charge in [0.05, 0.1) is 32.6 Å². The number of carbonyl (C=O) groups is 1. The molecule has 0 radical (unpaired) electrons. The van der Waals surface area contributed by atoms with Crippen molar-refractivity contribution >= 4 is 45.3 Å². The summed E-state index contributed by atoms with van der Waals surface area (Å²) in [5.74, 6) is 0.877. The molecule has 1 aromatic carbocycles. The van der Waals surface area contributed by atoms with Gasteiger partial charge in [-0.05, 0) is 37.3 Å². The van der Waals surface area contributed by atoms with E-state index in [2.05, 4.69) is 10.6 Å². The third-order valence-electron chi connectivity index (χ3n) is 3.14. The molecule has 128 valence electrons. The topological polar surface area (TPSA) is 68.8 Å². The second-order valence-electron chi connectivity index (χ2n) is 4.74. The minimum absolute atomic E-state index is 0.327. The number of hydrogen-bond acceptors (Lipinski definition) is 6. The number of methoxy groups -OCH3 is 3. The van der Waals surface area contributed by atoms with Crippen LogP contribution in [0.15, 0.2) is 24.3 Å². The zero-order chi connectivity index (χ0) is 17.7. The third-order valence-corrected chi connectivity index (χ3v) is 4.31. The molecule has 0 aliphatic heterocycles. The van der Waals surface area contributed by atoms with E-state index in [0.717, 1.165) is 4.88 Å². The molecule has 0 spiro atoms. The smallest absolute Gasteiger partial charge is 0.340 e. The molecule has 0 aliphatic carbocycles. The Labute approximate surface area is 149 Å². The lowest BCUT2D eigenvalue weighted by Gasteiger charge is -2.14. The molecule has 6 nitrogen and oxygen atoms in total. The maximum Gasteiger partial charge on any atom is 0.340 e. The predicted octanol–water partition coefficient (Wildman–Crippen LogP) is 3.67. The van der Waals surface area contributed by atoms with Crippen LogP contribution in [-0.4, -0.2) is 32.4 Å². The van der Waals surface area contributed by atoms with Crippen LogP contribution < -0.4 is 20.1 Å². The zero-order valence-corrected chi connectivity index (χ0v) is 15.4. The van der Waals surface area contributed by atoms with E-state index in [1.807, 2.05) is 6.92 Å². The molecule has 1 heterocycles. The highest BCUT2D eigenvalue weighted by molar-refractivity contribution is 7.80. The average Bonchev–Trinajstić information content (AvgIpc) is 2.94. The lowest BCUT2D eigenvalue weighted by Crippen LogP contribution is -2.20. The summed E-state index contributed by atoms with van der Waals surface area (Å²) in [5.41, 5.74) is 1.10. The highest BCUT2D eigenvalue weighted by Crippen LogP contribution is 2.31. The van der Waals surface area contributed by atoms with Crippen molar-refractivity contribution in [1.29, 1.82) is 0 Å². The number of benzene rings is 1. The van der Waals surface area contributed by atoms with Crippen molar-refractivity contribution in [2.24, 2.45) is 0 Å². The van der Waals surface area contributed by atoms with E-state index < -0.39 is 5.97 Å². The van der Waals surface area contributed by atoms with Gasteiger partial charge in [0.1, 0.15) is 16.5 Å². The fourth-order valence-electron chi connectivity index (χ4n) is 2.04. The fourth-order valence-corrected chi connectivity index (χ4v) is 3.22. The summed E-state index contributed by atoms with van der Waals surface area (Å²) in [6.07, 6.45) is 0. The normalized spacial score (nSPS) is 10.0. The Bertz CT molecular complexity index is 759. The maximum atomic E-state index is 11.8. The molecule has 0 unspecified atom stereocenters. The molecule has 0 saturated carbocycles. The van der Waals surface area contributed by atoms with Gasteiger partial charge in [-0.2, -0.15) is 0 Å². The van der Waals surface area contributed by atoms with Crippen LogP contribution in [0.3, 0.4) is 0 Å². The number of carbonyl (C=O) groups excluding carboxylic acids is 1. The first-order valence-electron chi connectivity index (χ1n) is 6.97. The van der Waals surface area contributed by atoms with E-state index in [0.29, 0.717) is 32.9 Å². The van der Waals surface area contributed by atoms with Gasteiger partial charge in [-0.3, -0.25) is 0 Å². The van der Waals surface area contributed by atoms with Crippen LogP contribution in [0.2, 0.25) is 0 Å². The summed E-state index contributed by atoms with van der Waals surface area (Å²) >= 11 is 6.75. The number of anilines is 2. The summed E-state index contributed by atoms with van der Waals surface area (Å²) in [6.45, 7) is 1.91. The second-order valence-corrected chi connectivity index (χ2v) is 6.40. The summed E-state index contributed by atoms with van der Waals surface area (Å²) in [4.78, 5) is 12.8. The highest BCUT2D eigenvalue weighted by Gasteiger charge is 2.17. The highest BCUT2D eigenvalue weighted by atomic mass is 32.1. The van der Waals surface area contributed by atoms with E-state index in [4.69, 9.17) is 26.4 Å². The standard InChI is InChI=1S/C16H18N2O4S2/c1-9-7-11(15(19)22-4)14(24-9)18-16(23)17-12-8-10(20-2)5-6-13(12)21-3/h5-8H,1-4H3,(H2,17,18,23). The van der Waals surface area contributed by atoms with E-state index in [9.17, 15) is 4.79 Å². The number of thiophene rings is 1. The van der Waals surface area contributed by atoms with Crippen LogP contribution in [0, 0.1) is 6.92 Å². The first-order valence-corrected chi connectivity index (χ1v) is 8.19. The Morgan fingerprint density at radius 1 is 1.12 bits per heavy atom. The van der Waals surface area contributed by atoms with Gasteiger partial charge < -0.3 is 24.8 Å². The minimum atomic E-state index is -0.413. The van der Waals surface area contributed by atoms with Crippen LogP contribution in [0.25, 0.3) is 0 Å². The van der Waals surface area contributed by atoms with Crippen molar-refractivity contribution in [2.45, 2.75) is 6.92 Å². The average molecular weight is 366 g/mol. The largest absolute Gasteiger partial charge is 0.497 e. The predicted molar refractivity (Wildman–Crippen MR) is 99.8 cm³/mol. The molecule has 1 aromatic heterocycles. The summed E-state index contributed by atoms with van der Waals surface area (Å²) in [5, 5.41) is 7.02. The van der Waals surface area contributed by atoms with Crippen molar-refractivity contribution in [3.05, 3.63) is 34.7 Å². The fraction of sp³-hybridized carbons (Fsp3) is 0.250. The van der Waals surface area contributed by atoms with Gasteiger partial charge in [0.25, 0.3) is 0 Å². The Morgan fingerprint density at radius 3 is 2.50 bits per heavy atom. The monoisotopic (exact) mass is 366 g/mol. The Kier molecular flexibility index (Phi) is 5.99. The maximum absolute atomic E-state index is 11.8. The number of rotatable bonds is 5. The van der Waals surface area contributed by atoms with E-state index in [1.165, 1.54) is 18.4 Å². The van der Waals surface area contributed by atoms with Crippen molar-refractivity contribution in [1.82, 2.24) is 0 Å². The van der Waals surface area contributed by atoms with Gasteiger partial charge >= 0.3 is 5.97 Å². The molecule has 0 fully saturated rings. The number of aryl methyl sites for hydroxylation is 1. The molecule has 0 amide bonds. The van der Waals surface area contributed by atoms with Crippen molar-refractivity contribution in [2.75, 3.05) is 32.0 Å². The van der Waals surface area contributed by atoms with E-state index in [-0.39, 0.29) is 0 Å². The van der Waals surface area contributed by atoms with Crippen LogP contribution in [0.4, 0.5) is 10.7 Å². The molecule has 2 N–H and O–H groups in total. The number of thiocarbonyl (C=S) groups is 1. The lowest BCUT2D eigenvalue weighted by atomic mass is 10.2. The number of hydrogen-bond donors (Lipinski definition) is 2. The summed E-state index contributed by atoms with van der Waals surface area (Å²) < 4.78 is 15.3. The number of nitrogens with one attached hydrogen (secondary N) is 2. The van der Waals surface area contributed by atoms with Gasteiger partial charge in [-0.15, -0.1) is 11.3 Å². The molecular formula is C16H18N2O4S2. The van der Waals surface area contributed by atoms with E-state index >= 15 is 0 Å². The van der Waals surface area contributed by atoms with Gasteiger partial charge in [-0.25, -0.2) is 4.79 Å². The second kappa shape index (κ2) is 7.98. The minimum Gasteiger partial charge on any atom is -0.497 e. The van der Waals surface area contributed by atoms with Crippen molar-refractivity contribution in [3.63, 3.8) is 0 Å². The molecular weight excluding hydrogens is 348 g/mol. The Morgan fingerprint density at radius 2 is 1.88 bits per heavy atom. The zero-order valence-electron chi connectivity index (χ0n) is 13.8. The van der Waals surface area contributed by atoms with Crippen LogP contribution >= 0.6 is 23.6 Å². The molecule has 0 saturated heterocycles. The summed E-state index contributed by atoms with van der Waals surface area (Å²) in [6, 6.07) is 7.10. The molecule has 0 aliphatic rings. The number of ether oxygens (including phenoxy) is 3. The van der Waals surface area contributed by atoms with Crippen molar-refractivity contribution in [3.8, 4) is 11.5 Å². The van der Waals surface area contributed by atoms with Crippen molar-refractivity contribution < 1.29 is 19.0 Å². The third kappa shape index (κ3) is 4.15. The molecule has 0 atom stereocenters. The van der Waals surface area contributed by atoms with Gasteiger partial charge in [0.2, 0.25) is 0 Å². The van der Waals surface area contributed by atoms with Crippen LogP contribution in [0.5, 0.6) is 11.5 Å².